The Morgan fingerprint density at radius 2 is 2.00 bits per heavy atom. The van der Waals surface area contributed by atoms with E-state index < -0.39 is 0 Å². The molecule has 0 spiro atoms. The van der Waals surface area contributed by atoms with Crippen molar-refractivity contribution in [1.82, 2.24) is 5.32 Å². The molecular weight excluding hydrogens is 234 g/mol. The molecule has 1 N–H and O–H groups in total. The molecule has 2 nitrogen and oxygen atoms in total. The van der Waals surface area contributed by atoms with E-state index in [2.05, 4.69) is 37.4 Å². The molecule has 1 aliphatic carbocycles. The van der Waals surface area contributed by atoms with Gasteiger partial charge >= 0.3 is 0 Å². The molecule has 3 unspecified atom stereocenters. The molecular formula is C17H23NO. The number of nitrogens with one attached hydrogen (secondary N) is 1. The maximum atomic E-state index is 5.84. The number of fused-ring (bicyclic) bond motifs is 1. The van der Waals surface area contributed by atoms with E-state index in [1.807, 2.05) is 12.1 Å². The van der Waals surface area contributed by atoms with Crippen molar-refractivity contribution in [2.75, 3.05) is 0 Å². The number of hydrogen-bond acceptors (Lipinski definition) is 2. The van der Waals surface area contributed by atoms with E-state index in [9.17, 15) is 0 Å². The molecule has 0 saturated heterocycles. The third kappa shape index (κ3) is 2.84. The topological polar surface area (TPSA) is 25.2 Å². The second-order valence-electron chi connectivity index (χ2n) is 6.10. The summed E-state index contributed by atoms with van der Waals surface area (Å²) in [5, 5.41) is 4.86. The van der Waals surface area contributed by atoms with Gasteiger partial charge in [0.05, 0.1) is 6.54 Å². The van der Waals surface area contributed by atoms with Crippen molar-refractivity contribution >= 4 is 11.0 Å². The zero-order chi connectivity index (χ0) is 13.2. The van der Waals surface area contributed by atoms with Gasteiger partial charge in [-0.3, -0.25) is 0 Å². The Bertz CT molecular complexity index is 512. The highest BCUT2D eigenvalue weighted by molar-refractivity contribution is 5.77. The van der Waals surface area contributed by atoms with Crippen LogP contribution in [0.4, 0.5) is 0 Å². The molecule has 0 bridgehead atoms. The van der Waals surface area contributed by atoms with Gasteiger partial charge in [-0.05, 0) is 43.2 Å². The smallest absolute Gasteiger partial charge is 0.134 e. The minimum absolute atomic E-state index is 0.652. The Morgan fingerprint density at radius 3 is 2.79 bits per heavy atom. The van der Waals surface area contributed by atoms with Crippen LogP contribution in [0.3, 0.4) is 0 Å². The van der Waals surface area contributed by atoms with Crippen LogP contribution in [0.5, 0.6) is 0 Å². The average Bonchev–Trinajstić information content (AvgIpc) is 2.83. The molecule has 0 aliphatic heterocycles. The number of hydrogen-bond donors (Lipinski definition) is 1. The summed E-state index contributed by atoms with van der Waals surface area (Å²) in [6.07, 6.45) is 3.94. The number of para-hydroxylation sites is 1. The summed E-state index contributed by atoms with van der Waals surface area (Å²) >= 11 is 0. The number of benzene rings is 1. The van der Waals surface area contributed by atoms with E-state index in [4.69, 9.17) is 4.42 Å². The van der Waals surface area contributed by atoms with Crippen LogP contribution in [0.1, 0.15) is 38.9 Å². The molecule has 3 rings (SSSR count). The minimum Gasteiger partial charge on any atom is -0.460 e. The highest BCUT2D eigenvalue weighted by Crippen LogP contribution is 2.29. The summed E-state index contributed by atoms with van der Waals surface area (Å²) in [6, 6.07) is 11.0. The van der Waals surface area contributed by atoms with Crippen LogP contribution in [0.25, 0.3) is 11.0 Å². The maximum absolute atomic E-state index is 5.84. The predicted octanol–water partition coefficient (Wildman–Crippen LogP) is 4.35. The first-order chi connectivity index (χ1) is 9.22. The summed E-state index contributed by atoms with van der Waals surface area (Å²) in [7, 11) is 0. The Balaban J connectivity index is 1.60. The lowest BCUT2D eigenvalue weighted by molar-refractivity contribution is 0.223. The first-order valence-electron chi connectivity index (χ1n) is 7.43. The monoisotopic (exact) mass is 257 g/mol. The van der Waals surface area contributed by atoms with Crippen LogP contribution in [0.15, 0.2) is 34.7 Å². The first-order valence-corrected chi connectivity index (χ1v) is 7.43. The molecule has 3 atom stereocenters. The van der Waals surface area contributed by atoms with Crippen molar-refractivity contribution in [1.29, 1.82) is 0 Å². The van der Waals surface area contributed by atoms with Gasteiger partial charge in [-0.15, -0.1) is 0 Å². The second-order valence-corrected chi connectivity index (χ2v) is 6.10. The Hall–Kier alpha value is -1.28. The van der Waals surface area contributed by atoms with Gasteiger partial charge in [0, 0.05) is 11.4 Å². The van der Waals surface area contributed by atoms with Crippen LogP contribution >= 0.6 is 0 Å². The van der Waals surface area contributed by atoms with Crippen molar-refractivity contribution < 1.29 is 4.42 Å². The quantitative estimate of drug-likeness (QED) is 0.884. The van der Waals surface area contributed by atoms with E-state index >= 15 is 0 Å². The lowest BCUT2D eigenvalue weighted by Gasteiger charge is -2.32. The van der Waals surface area contributed by atoms with Gasteiger partial charge in [0.1, 0.15) is 11.3 Å². The standard InChI is InChI=1S/C17H23NO/c1-12-7-8-15(9-13(12)2)18-11-16-10-14-5-3-4-6-17(14)19-16/h3-6,10,12-13,15,18H,7-9,11H2,1-2H3. The fraction of sp³-hybridized carbons (Fsp3) is 0.529. The summed E-state index contributed by atoms with van der Waals surface area (Å²) in [6.45, 7) is 5.60. The molecule has 1 heterocycles. The molecule has 19 heavy (non-hydrogen) atoms. The Labute approximate surface area is 115 Å². The van der Waals surface area contributed by atoms with Crippen LogP contribution in [0.2, 0.25) is 0 Å². The molecule has 0 radical (unpaired) electrons. The van der Waals surface area contributed by atoms with E-state index in [0.29, 0.717) is 6.04 Å². The molecule has 2 aromatic rings. The SMILES string of the molecule is CC1CCC(NCc2cc3ccccc3o2)CC1C. The average molecular weight is 257 g/mol. The van der Waals surface area contributed by atoms with Gasteiger partial charge in [-0.25, -0.2) is 0 Å². The van der Waals surface area contributed by atoms with Crippen molar-refractivity contribution in [2.45, 2.75) is 45.7 Å². The summed E-state index contributed by atoms with van der Waals surface area (Å²) < 4.78 is 5.84. The summed E-state index contributed by atoms with van der Waals surface area (Å²) in [5.41, 5.74) is 0.991. The van der Waals surface area contributed by atoms with Crippen LogP contribution < -0.4 is 5.32 Å². The highest BCUT2D eigenvalue weighted by atomic mass is 16.3. The minimum atomic E-state index is 0.652. The Morgan fingerprint density at radius 1 is 1.16 bits per heavy atom. The third-order valence-corrected chi connectivity index (χ3v) is 4.64. The van der Waals surface area contributed by atoms with Crippen molar-refractivity contribution in [2.24, 2.45) is 11.8 Å². The summed E-state index contributed by atoms with van der Waals surface area (Å²) in [4.78, 5) is 0. The van der Waals surface area contributed by atoms with E-state index in [0.717, 1.165) is 29.7 Å². The normalized spacial score (nSPS) is 27.8. The Kier molecular flexibility index (Phi) is 3.61. The van der Waals surface area contributed by atoms with Gasteiger partial charge in [0.15, 0.2) is 0 Å². The third-order valence-electron chi connectivity index (χ3n) is 4.64. The molecule has 1 fully saturated rings. The van der Waals surface area contributed by atoms with Gasteiger partial charge < -0.3 is 9.73 Å². The maximum Gasteiger partial charge on any atom is 0.134 e. The molecule has 2 heteroatoms. The highest BCUT2D eigenvalue weighted by Gasteiger charge is 2.24. The number of rotatable bonds is 3. The van der Waals surface area contributed by atoms with Crippen molar-refractivity contribution in [3.05, 3.63) is 36.1 Å². The molecule has 1 aromatic heterocycles. The zero-order valence-electron chi connectivity index (χ0n) is 11.9. The first kappa shape index (κ1) is 12.7. The van der Waals surface area contributed by atoms with Gasteiger partial charge in [0.2, 0.25) is 0 Å². The van der Waals surface area contributed by atoms with E-state index in [1.54, 1.807) is 0 Å². The molecule has 1 aliphatic rings. The predicted molar refractivity (Wildman–Crippen MR) is 79.0 cm³/mol. The lowest BCUT2D eigenvalue weighted by atomic mass is 9.79. The molecule has 102 valence electrons. The largest absolute Gasteiger partial charge is 0.460 e. The van der Waals surface area contributed by atoms with Crippen molar-refractivity contribution in [3.8, 4) is 0 Å². The molecule has 1 saturated carbocycles. The van der Waals surface area contributed by atoms with Crippen molar-refractivity contribution in [3.63, 3.8) is 0 Å². The van der Waals surface area contributed by atoms with Crippen LogP contribution in [0, 0.1) is 11.8 Å². The summed E-state index contributed by atoms with van der Waals surface area (Å²) in [5.74, 6) is 2.76. The zero-order valence-corrected chi connectivity index (χ0v) is 11.9. The van der Waals surface area contributed by atoms with Gasteiger partial charge in [0.25, 0.3) is 0 Å². The van der Waals surface area contributed by atoms with Gasteiger partial charge in [-0.2, -0.15) is 0 Å². The fourth-order valence-electron chi connectivity index (χ4n) is 3.10. The molecule has 1 aromatic carbocycles. The fourth-order valence-corrected chi connectivity index (χ4v) is 3.10. The van der Waals surface area contributed by atoms with E-state index in [1.165, 1.54) is 24.6 Å². The lowest BCUT2D eigenvalue weighted by Crippen LogP contribution is -2.35. The molecule has 0 amide bonds. The second kappa shape index (κ2) is 5.38. The number of furan rings is 1. The van der Waals surface area contributed by atoms with Crippen LogP contribution in [-0.2, 0) is 6.54 Å². The van der Waals surface area contributed by atoms with E-state index in [-0.39, 0.29) is 0 Å². The van der Waals surface area contributed by atoms with Crippen LogP contribution in [-0.4, -0.2) is 6.04 Å². The van der Waals surface area contributed by atoms with Gasteiger partial charge in [-0.1, -0.05) is 32.0 Å².